The summed E-state index contributed by atoms with van der Waals surface area (Å²) in [5, 5.41) is 16.4. The van der Waals surface area contributed by atoms with E-state index < -0.39 is 0 Å². The highest BCUT2D eigenvalue weighted by molar-refractivity contribution is 5.94. The van der Waals surface area contributed by atoms with E-state index in [4.69, 9.17) is 0 Å². The van der Waals surface area contributed by atoms with Crippen molar-refractivity contribution < 1.29 is 9.90 Å². The molecule has 0 aliphatic carbocycles. The Morgan fingerprint density at radius 1 is 1.03 bits per heavy atom. The fraction of sp³-hybridized carbons (Fsp3) is 0.0455. The number of aromatic nitrogens is 2. The Balaban J connectivity index is 1.32. The van der Waals surface area contributed by atoms with Gasteiger partial charge in [0.1, 0.15) is 5.75 Å². The van der Waals surface area contributed by atoms with Gasteiger partial charge < -0.3 is 15.4 Å². The fourth-order valence-electron chi connectivity index (χ4n) is 2.79. The van der Waals surface area contributed by atoms with E-state index in [1.54, 1.807) is 36.4 Å². The molecule has 0 bridgehead atoms. The average Bonchev–Trinajstić information content (AvgIpc) is 3.17. The lowest BCUT2D eigenvalue weighted by molar-refractivity contribution is 0.0955. The van der Waals surface area contributed by atoms with Crippen molar-refractivity contribution in [3.8, 4) is 5.75 Å². The predicted molar refractivity (Wildman–Crippen MR) is 113 cm³/mol. The second-order valence-corrected chi connectivity index (χ2v) is 6.44. The molecule has 4 N–H and O–H groups in total. The summed E-state index contributed by atoms with van der Waals surface area (Å²) < 4.78 is 0. The molecule has 0 fully saturated rings. The highest BCUT2D eigenvalue weighted by Gasteiger charge is 2.05. The van der Waals surface area contributed by atoms with E-state index in [1.807, 2.05) is 36.4 Å². The number of hydrogen-bond acceptors (Lipinski definition) is 5. The van der Waals surface area contributed by atoms with Crippen molar-refractivity contribution in [1.29, 1.82) is 0 Å². The number of phenolic OH excluding ortho intramolecular Hbond substituents is 1. The smallest absolute Gasteiger partial charge is 0.271 e. The third kappa shape index (κ3) is 4.59. The maximum Gasteiger partial charge on any atom is 0.271 e. The number of carbonyl (C=O) groups excluding carboxylic acids is 1. The third-order valence-electron chi connectivity index (χ3n) is 4.34. The number of nitrogens with one attached hydrogen (secondary N) is 3. The van der Waals surface area contributed by atoms with E-state index in [0.717, 1.165) is 22.2 Å². The number of para-hydroxylation sites is 2. The molecule has 0 aliphatic heterocycles. The van der Waals surface area contributed by atoms with Gasteiger partial charge in [0.15, 0.2) is 0 Å². The van der Waals surface area contributed by atoms with Crippen LogP contribution in [-0.2, 0) is 6.54 Å². The topological polar surface area (TPSA) is 102 Å². The number of H-pyrrole nitrogens is 1. The molecule has 0 spiro atoms. The highest BCUT2D eigenvalue weighted by atomic mass is 16.3. The summed E-state index contributed by atoms with van der Waals surface area (Å²) in [6, 6.07) is 21.6. The molecule has 4 rings (SSSR count). The Labute approximate surface area is 167 Å². The van der Waals surface area contributed by atoms with Crippen LogP contribution in [0.15, 0.2) is 77.9 Å². The van der Waals surface area contributed by atoms with Gasteiger partial charge in [0.2, 0.25) is 5.95 Å². The number of anilines is 1. The van der Waals surface area contributed by atoms with Crippen molar-refractivity contribution >= 4 is 29.1 Å². The molecule has 0 unspecified atom stereocenters. The van der Waals surface area contributed by atoms with E-state index >= 15 is 0 Å². The van der Waals surface area contributed by atoms with Crippen molar-refractivity contribution in [2.24, 2.45) is 5.10 Å². The van der Waals surface area contributed by atoms with Gasteiger partial charge in [-0.25, -0.2) is 10.4 Å². The first kappa shape index (κ1) is 18.2. The molecule has 1 heterocycles. The lowest BCUT2D eigenvalue weighted by atomic mass is 10.1. The Morgan fingerprint density at radius 3 is 2.55 bits per heavy atom. The quantitative estimate of drug-likeness (QED) is 0.300. The van der Waals surface area contributed by atoms with E-state index in [1.165, 1.54) is 6.21 Å². The van der Waals surface area contributed by atoms with E-state index in [9.17, 15) is 9.90 Å². The number of phenols is 1. The van der Waals surface area contributed by atoms with Crippen LogP contribution >= 0.6 is 0 Å². The summed E-state index contributed by atoms with van der Waals surface area (Å²) in [6.07, 6.45) is 1.52. The minimum Gasteiger partial charge on any atom is -0.508 e. The minimum absolute atomic E-state index is 0.182. The lowest BCUT2D eigenvalue weighted by Gasteiger charge is -2.05. The fourth-order valence-corrected chi connectivity index (χ4v) is 2.79. The number of nitrogens with zero attached hydrogens (tertiary/aromatic N) is 2. The maximum atomic E-state index is 12.2. The SMILES string of the molecule is O=C(N/N=C/c1ccc(O)cc1)c1ccc(CNc2nc3ccccc3[nH]2)cc1. The number of rotatable bonds is 6. The number of imidazole rings is 1. The zero-order valence-corrected chi connectivity index (χ0v) is 15.5. The molecule has 0 saturated carbocycles. The van der Waals surface area contributed by atoms with Crippen LogP contribution in [0.2, 0.25) is 0 Å². The first-order valence-corrected chi connectivity index (χ1v) is 9.07. The number of benzene rings is 3. The van der Waals surface area contributed by atoms with Gasteiger partial charge in [-0.1, -0.05) is 24.3 Å². The van der Waals surface area contributed by atoms with Gasteiger partial charge in [-0.3, -0.25) is 4.79 Å². The molecule has 7 heteroatoms. The standard InChI is InChI=1S/C22H19N5O2/c28-18-11-7-16(8-12-18)14-24-27-21(29)17-9-5-15(6-10-17)13-23-22-25-19-3-1-2-4-20(19)26-22/h1-12,14,28H,13H2,(H,27,29)(H2,23,25,26)/b24-14+. The predicted octanol–water partition coefficient (Wildman–Crippen LogP) is 3.64. The van der Waals surface area contributed by atoms with Crippen LogP contribution in [0, 0.1) is 0 Å². The second-order valence-electron chi connectivity index (χ2n) is 6.44. The highest BCUT2D eigenvalue weighted by Crippen LogP contribution is 2.14. The van der Waals surface area contributed by atoms with Crippen LogP contribution < -0.4 is 10.7 Å². The van der Waals surface area contributed by atoms with Crippen molar-refractivity contribution in [3.63, 3.8) is 0 Å². The first-order valence-electron chi connectivity index (χ1n) is 9.07. The lowest BCUT2D eigenvalue weighted by Crippen LogP contribution is -2.17. The van der Waals surface area contributed by atoms with Gasteiger partial charge in [-0.2, -0.15) is 5.10 Å². The molecular weight excluding hydrogens is 366 g/mol. The van der Waals surface area contributed by atoms with E-state index in [0.29, 0.717) is 18.1 Å². The number of fused-ring (bicyclic) bond motifs is 1. The number of aromatic amines is 1. The van der Waals surface area contributed by atoms with E-state index in [-0.39, 0.29) is 11.7 Å². The molecule has 1 amide bonds. The molecule has 0 saturated heterocycles. The van der Waals surface area contributed by atoms with Crippen molar-refractivity contribution in [1.82, 2.24) is 15.4 Å². The molecule has 7 nitrogen and oxygen atoms in total. The maximum absolute atomic E-state index is 12.2. The number of hydrogen-bond donors (Lipinski definition) is 4. The van der Waals surface area contributed by atoms with Crippen LogP contribution in [0.5, 0.6) is 5.75 Å². The van der Waals surface area contributed by atoms with E-state index in [2.05, 4.69) is 25.8 Å². The zero-order valence-electron chi connectivity index (χ0n) is 15.5. The third-order valence-corrected chi connectivity index (χ3v) is 4.34. The van der Waals surface area contributed by atoms with Gasteiger partial charge in [0, 0.05) is 12.1 Å². The van der Waals surface area contributed by atoms with Crippen molar-refractivity contribution in [2.45, 2.75) is 6.54 Å². The van der Waals surface area contributed by atoms with Crippen LogP contribution in [0.4, 0.5) is 5.95 Å². The first-order chi connectivity index (χ1) is 14.2. The Morgan fingerprint density at radius 2 is 1.79 bits per heavy atom. The van der Waals surface area contributed by atoms with Gasteiger partial charge in [0.05, 0.1) is 17.2 Å². The summed E-state index contributed by atoms with van der Waals surface area (Å²) in [5.74, 6) is 0.592. The largest absolute Gasteiger partial charge is 0.508 e. The van der Waals surface area contributed by atoms with Crippen LogP contribution in [-0.4, -0.2) is 27.2 Å². The number of aromatic hydroxyl groups is 1. The van der Waals surface area contributed by atoms with Gasteiger partial charge in [0.25, 0.3) is 5.91 Å². The minimum atomic E-state index is -0.295. The molecule has 29 heavy (non-hydrogen) atoms. The molecule has 0 radical (unpaired) electrons. The van der Waals surface area contributed by atoms with Crippen molar-refractivity contribution in [3.05, 3.63) is 89.5 Å². The number of carbonyl (C=O) groups is 1. The molecule has 3 aromatic carbocycles. The van der Waals surface area contributed by atoms with Crippen LogP contribution in [0.3, 0.4) is 0 Å². The molecule has 144 valence electrons. The average molecular weight is 385 g/mol. The number of hydrazone groups is 1. The monoisotopic (exact) mass is 385 g/mol. The Kier molecular flexibility index (Phi) is 5.20. The van der Waals surface area contributed by atoms with Crippen molar-refractivity contribution in [2.75, 3.05) is 5.32 Å². The Hall–Kier alpha value is -4.13. The molecular formula is C22H19N5O2. The zero-order chi connectivity index (χ0) is 20.1. The summed E-state index contributed by atoms with van der Waals surface area (Å²) in [6.45, 7) is 0.584. The van der Waals surface area contributed by atoms with Crippen LogP contribution in [0.1, 0.15) is 21.5 Å². The number of amides is 1. The summed E-state index contributed by atoms with van der Waals surface area (Å²) in [5.41, 5.74) is 6.70. The van der Waals surface area contributed by atoms with Gasteiger partial charge in [-0.05, 0) is 59.7 Å². The molecule has 0 aliphatic rings. The molecule has 4 aromatic rings. The molecule has 0 atom stereocenters. The Bertz CT molecular complexity index is 1120. The summed E-state index contributed by atoms with van der Waals surface area (Å²) >= 11 is 0. The van der Waals surface area contributed by atoms with Gasteiger partial charge in [-0.15, -0.1) is 0 Å². The van der Waals surface area contributed by atoms with Crippen LogP contribution in [0.25, 0.3) is 11.0 Å². The molecule has 1 aromatic heterocycles. The summed E-state index contributed by atoms with van der Waals surface area (Å²) in [7, 11) is 0. The second kappa shape index (κ2) is 8.26. The van der Waals surface area contributed by atoms with Gasteiger partial charge >= 0.3 is 0 Å². The normalized spacial score (nSPS) is 11.0. The summed E-state index contributed by atoms with van der Waals surface area (Å²) in [4.78, 5) is 19.9.